The van der Waals surface area contributed by atoms with Gasteiger partial charge in [-0.15, -0.1) is 0 Å². The number of aromatic nitrogens is 2. The molecule has 0 aliphatic rings. The van der Waals surface area contributed by atoms with Gasteiger partial charge in [0.25, 0.3) is 0 Å². The molecule has 2 rings (SSSR count). The van der Waals surface area contributed by atoms with Crippen LogP contribution >= 0.6 is 11.6 Å². The Morgan fingerprint density at radius 1 is 1.62 bits per heavy atom. The van der Waals surface area contributed by atoms with Crippen molar-refractivity contribution in [3.63, 3.8) is 0 Å². The first-order valence-electron chi connectivity index (χ1n) is 4.77. The number of ether oxygens (including phenoxy) is 1. The van der Waals surface area contributed by atoms with Gasteiger partial charge in [0.2, 0.25) is 0 Å². The number of nitrogens with zero attached hydrogens (tertiary/aromatic N) is 2. The number of halogens is 1. The van der Waals surface area contributed by atoms with Crippen molar-refractivity contribution in [1.82, 2.24) is 9.55 Å². The summed E-state index contributed by atoms with van der Waals surface area (Å²) in [6.45, 7) is 2.36. The van der Waals surface area contributed by atoms with Gasteiger partial charge in [0.1, 0.15) is 12.4 Å². The van der Waals surface area contributed by atoms with Crippen LogP contribution in [-0.4, -0.2) is 22.9 Å². The summed E-state index contributed by atoms with van der Waals surface area (Å²) in [5.74, 6) is 0. The molecule has 0 spiro atoms. The molecule has 4 nitrogen and oxygen atoms in total. The zero-order chi connectivity index (χ0) is 11.7. The first-order valence-corrected chi connectivity index (χ1v) is 5.15. The van der Waals surface area contributed by atoms with Gasteiger partial charge in [-0.05, 0) is 13.0 Å². The minimum absolute atomic E-state index is 0.406. The summed E-state index contributed by atoms with van der Waals surface area (Å²) in [5.41, 5.74) is 2.13. The highest BCUT2D eigenvalue weighted by molar-refractivity contribution is 6.37. The minimum Gasteiger partial charge on any atom is -0.364 e. The van der Waals surface area contributed by atoms with E-state index in [1.807, 2.05) is 17.6 Å². The molecule has 16 heavy (non-hydrogen) atoms. The van der Waals surface area contributed by atoms with Crippen LogP contribution in [0.4, 0.5) is 0 Å². The average molecular weight is 239 g/mol. The van der Waals surface area contributed by atoms with Gasteiger partial charge in [0, 0.05) is 24.4 Å². The lowest BCUT2D eigenvalue weighted by Crippen LogP contribution is -2.02. The van der Waals surface area contributed by atoms with Crippen LogP contribution in [0.25, 0.3) is 11.0 Å². The number of aryl methyl sites for hydroxylation is 1. The van der Waals surface area contributed by atoms with Crippen LogP contribution in [0.2, 0.25) is 5.02 Å². The molecular weight excluding hydrogens is 228 g/mol. The lowest BCUT2D eigenvalue weighted by atomic mass is 10.2. The van der Waals surface area contributed by atoms with Crippen molar-refractivity contribution in [3.05, 3.63) is 28.5 Å². The first kappa shape index (κ1) is 11.1. The van der Waals surface area contributed by atoms with Crippen molar-refractivity contribution in [2.24, 2.45) is 0 Å². The van der Waals surface area contributed by atoms with E-state index in [9.17, 15) is 4.79 Å². The van der Waals surface area contributed by atoms with Crippen LogP contribution < -0.4 is 0 Å². The molecule has 2 heterocycles. The van der Waals surface area contributed by atoms with Gasteiger partial charge in [-0.1, -0.05) is 11.6 Å². The number of methoxy groups -OCH3 is 1. The molecule has 0 atom stereocenters. The summed E-state index contributed by atoms with van der Waals surface area (Å²) in [7, 11) is 1.62. The molecule has 0 saturated heterocycles. The summed E-state index contributed by atoms with van der Waals surface area (Å²) in [5, 5.41) is 1.22. The van der Waals surface area contributed by atoms with E-state index in [4.69, 9.17) is 16.3 Å². The van der Waals surface area contributed by atoms with Gasteiger partial charge >= 0.3 is 0 Å². The van der Waals surface area contributed by atoms with Crippen molar-refractivity contribution in [3.8, 4) is 0 Å². The maximum atomic E-state index is 10.7. The van der Waals surface area contributed by atoms with Gasteiger partial charge in [-0.2, -0.15) is 0 Å². The molecule has 84 valence electrons. The Morgan fingerprint density at radius 3 is 3.00 bits per heavy atom. The predicted molar refractivity (Wildman–Crippen MR) is 61.9 cm³/mol. The van der Waals surface area contributed by atoms with E-state index in [1.165, 1.54) is 6.20 Å². The molecule has 2 aromatic heterocycles. The van der Waals surface area contributed by atoms with Crippen LogP contribution in [0, 0.1) is 6.92 Å². The van der Waals surface area contributed by atoms with Crippen molar-refractivity contribution in [2.45, 2.75) is 13.7 Å². The number of hydrogen-bond donors (Lipinski definition) is 0. The van der Waals surface area contributed by atoms with Gasteiger partial charge in [0.15, 0.2) is 6.29 Å². The zero-order valence-electron chi connectivity index (χ0n) is 9.03. The van der Waals surface area contributed by atoms with Crippen molar-refractivity contribution < 1.29 is 9.53 Å². The Morgan fingerprint density at radius 2 is 2.38 bits per heavy atom. The second-order valence-corrected chi connectivity index (χ2v) is 3.89. The molecule has 2 aromatic rings. The Hall–Kier alpha value is -1.39. The van der Waals surface area contributed by atoms with E-state index >= 15 is 0 Å². The molecule has 0 aliphatic heterocycles. The number of carbonyl (C=O) groups is 1. The van der Waals surface area contributed by atoms with Gasteiger partial charge in [0.05, 0.1) is 10.6 Å². The van der Waals surface area contributed by atoms with Crippen LogP contribution in [0.1, 0.15) is 16.1 Å². The zero-order valence-corrected chi connectivity index (χ0v) is 9.78. The Bertz CT molecular complexity index is 548. The Balaban J connectivity index is 2.73. The molecule has 0 saturated carbocycles. The van der Waals surface area contributed by atoms with E-state index in [0.717, 1.165) is 16.7 Å². The molecule has 0 bridgehead atoms. The first-order chi connectivity index (χ1) is 7.69. The van der Waals surface area contributed by atoms with Crippen LogP contribution in [0.3, 0.4) is 0 Å². The summed E-state index contributed by atoms with van der Waals surface area (Å²) in [4.78, 5) is 15.0. The third kappa shape index (κ3) is 1.60. The smallest absolute Gasteiger partial charge is 0.153 e. The van der Waals surface area contributed by atoms with E-state index in [-0.39, 0.29) is 0 Å². The number of rotatable bonds is 3. The van der Waals surface area contributed by atoms with Gasteiger partial charge in [-0.3, -0.25) is 4.79 Å². The maximum absolute atomic E-state index is 10.7. The van der Waals surface area contributed by atoms with Gasteiger partial charge < -0.3 is 9.30 Å². The highest BCUT2D eigenvalue weighted by Crippen LogP contribution is 2.27. The number of hydrogen-bond acceptors (Lipinski definition) is 3. The van der Waals surface area contributed by atoms with E-state index in [0.29, 0.717) is 23.6 Å². The summed E-state index contributed by atoms with van der Waals surface area (Å²) >= 11 is 6.10. The fourth-order valence-corrected chi connectivity index (χ4v) is 1.91. The molecular formula is C11H11ClN2O2. The van der Waals surface area contributed by atoms with Crippen molar-refractivity contribution in [2.75, 3.05) is 7.11 Å². The second-order valence-electron chi connectivity index (χ2n) is 3.51. The second kappa shape index (κ2) is 4.23. The standard InChI is InChI=1S/C11H11ClN2O2/c1-7-3-9-10(12)8(5-15)4-13-11(9)14(7)6-16-2/h3-5H,6H2,1-2H3. The molecule has 0 fully saturated rings. The average Bonchev–Trinajstić information content (AvgIpc) is 2.59. The third-order valence-electron chi connectivity index (χ3n) is 2.48. The predicted octanol–water partition coefficient (Wildman–Crippen LogP) is 2.41. The Labute approximate surface area is 97.8 Å². The highest BCUT2D eigenvalue weighted by Gasteiger charge is 2.12. The fourth-order valence-electron chi connectivity index (χ4n) is 1.68. The number of aldehydes is 1. The lowest BCUT2D eigenvalue weighted by Gasteiger charge is -2.05. The van der Waals surface area contributed by atoms with E-state index in [1.54, 1.807) is 7.11 Å². The molecule has 5 heteroatoms. The topological polar surface area (TPSA) is 44.1 Å². The third-order valence-corrected chi connectivity index (χ3v) is 2.90. The Kier molecular flexibility index (Phi) is 2.94. The van der Waals surface area contributed by atoms with Crippen molar-refractivity contribution in [1.29, 1.82) is 0 Å². The summed E-state index contributed by atoms with van der Waals surface area (Å²) in [6, 6.07) is 1.90. The van der Waals surface area contributed by atoms with Crippen LogP contribution in [0.5, 0.6) is 0 Å². The summed E-state index contributed by atoms with van der Waals surface area (Å²) in [6.07, 6.45) is 2.18. The molecule has 0 amide bonds. The van der Waals surface area contributed by atoms with Crippen molar-refractivity contribution >= 4 is 28.9 Å². The molecule has 0 aliphatic carbocycles. The van der Waals surface area contributed by atoms with Crippen LogP contribution in [0.15, 0.2) is 12.3 Å². The molecule has 0 radical (unpaired) electrons. The molecule has 0 N–H and O–H groups in total. The van der Waals surface area contributed by atoms with E-state index < -0.39 is 0 Å². The number of pyridine rings is 1. The lowest BCUT2D eigenvalue weighted by molar-refractivity contribution is 0.112. The maximum Gasteiger partial charge on any atom is 0.153 e. The summed E-state index contributed by atoms with van der Waals surface area (Å²) < 4.78 is 6.98. The highest BCUT2D eigenvalue weighted by atomic mass is 35.5. The van der Waals surface area contributed by atoms with Crippen LogP contribution in [-0.2, 0) is 11.5 Å². The minimum atomic E-state index is 0.406. The normalized spacial score (nSPS) is 10.9. The molecule has 0 unspecified atom stereocenters. The number of carbonyl (C=O) groups excluding carboxylic acids is 1. The fraction of sp³-hybridized carbons (Fsp3) is 0.273. The number of fused-ring (bicyclic) bond motifs is 1. The largest absolute Gasteiger partial charge is 0.364 e. The molecule has 0 aromatic carbocycles. The van der Waals surface area contributed by atoms with Gasteiger partial charge in [-0.25, -0.2) is 4.98 Å². The van der Waals surface area contributed by atoms with E-state index in [2.05, 4.69) is 4.98 Å². The monoisotopic (exact) mass is 238 g/mol. The SMILES string of the molecule is COCn1c(C)cc2c(Cl)c(C=O)cnc21. The quantitative estimate of drug-likeness (QED) is 0.772.